The minimum Gasteiger partial charge on any atom is -0.340 e. The van der Waals surface area contributed by atoms with Gasteiger partial charge in [0.05, 0.1) is 5.69 Å². The molecule has 0 aliphatic heterocycles. The third kappa shape index (κ3) is 1.88. The maximum Gasteiger partial charge on any atom is 0.326 e. The summed E-state index contributed by atoms with van der Waals surface area (Å²) in [5.41, 5.74) is 1.79. The molecule has 0 spiro atoms. The molecule has 15 heavy (non-hydrogen) atoms. The van der Waals surface area contributed by atoms with Gasteiger partial charge < -0.3 is 5.32 Å². The van der Waals surface area contributed by atoms with Crippen molar-refractivity contribution in [3.8, 4) is 11.3 Å². The maximum absolute atomic E-state index is 11.3. The third-order valence-corrected chi connectivity index (χ3v) is 2.10. The number of carbonyl (C=O) groups is 1. The lowest BCUT2D eigenvalue weighted by atomic mass is 10.2. The van der Waals surface area contributed by atoms with Crippen LogP contribution in [0.3, 0.4) is 0 Å². The highest BCUT2D eigenvalue weighted by atomic mass is 16.2. The van der Waals surface area contributed by atoms with E-state index in [-0.39, 0.29) is 6.03 Å². The Morgan fingerprint density at radius 2 is 2.07 bits per heavy atom. The number of hydrogen-bond acceptors (Lipinski definition) is 2. The zero-order chi connectivity index (χ0) is 10.7. The fraction of sp³-hybridized carbons (Fsp3) is 0.0909. The summed E-state index contributed by atoms with van der Waals surface area (Å²) >= 11 is 0. The Labute approximate surface area is 87.6 Å². The van der Waals surface area contributed by atoms with Crippen LogP contribution >= 0.6 is 0 Å². The summed E-state index contributed by atoms with van der Waals surface area (Å²) in [6, 6.07) is 9.54. The smallest absolute Gasteiger partial charge is 0.326 e. The molecular weight excluding hydrogens is 190 g/mol. The summed E-state index contributed by atoms with van der Waals surface area (Å²) in [5.74, 6) is 0. The molecule has 0 aliphatic carbocycles. The number of amides is 1. The second kappa shape index (κ2) is 3.96. The van der Waals surface area contributed by atoms with Crippen molar-refractivity contribution in [1.29, 1.82) is 0 Å². The van der Waals surface area contributed by atoms with Crippen LogP contribution in [0.4, 0.5) is 4.79 Å². The lowest BCUT2D eigenvalue weighted by molar-refractivity contribution is 0.244. The molecule has 0 fully saturated rings. The number of nitrogens with one attached hydrogen (secondary N) is 1. The molecule has 0 radical (unpaired) electrons. The van der Waals surface area contributed by atoms with Gasteiger partial charge in [-0.1, -0.05) is 30.3 Å². The maximum atomic E-state index is 11.3. The lowest BCUT2D eigenvalue weighted by Gasteiger charge is -1.97. The van der Waals surface area contributed by atoms with Gasteiger partial charge in [0.15, 0.2) is 0 Å². The molecular formula is C11H11N3O. The molecule has 1 N–H and O–H groups in total. The molecule has 0 unspecified atom stereocenters. The highest BCUT2D eigenvalue weighted by Crippen LogP contribution is 2.15. The SMILES string of the molecule is CNC(=O)n1cnc(-c2ccccc2)c1. The fourth-order valence-electron chi connectivity index (χ4n) is 1.32. The van der Waals surface area contributed by atoms with Crippen molar-refractivity contribution < 1.29 is 4.79 Å². The number of rotatable bonds is 1. The monoisotopic (exact) mass is 201 g/mol. The van der Waals surface area contributed by atoms with E-state index < -0.39 is 0 Å². The second-order valence-corrected chi connectivity index (χ2v) is 3.09. The van der Waals surface area contributed by atoms with Crippen molar-refractivity contribution in [2.45, 2.75) is 0 Å². The molecule has 4 heteroatoms. The van der Waals surface area contributed by atoms with Crippen molar-refractivity contribution >= 4 is 6.03 Å². The Morgan fingerprint density at radius 1 is 1.33 bits per heavy atom. The van der Waals surface area contributed by atoms with E-state index in [4.69, 9.17) is 0 Å². The predicted molar refractivity (Wildman–Crippen MR) is 57.5 cm³/mol. The number of imidazole rings is 1. The van der Waals surface area contributed by atoms with Crippen molar-refractivity contribution in [2.24, 2.45) is 0 Å². The van der Waals surface area contributed by atoms with Gasteiger partial charge in [-0.15, -0.1) is 0 Å². The zero-order valence-electron chi connectivity index (χ0n) is 8.34. The Morgan fingerprint density at radius 3 is 2.73 bits per heavy atom. The van der Waals surface area contributed by atoms with Crippen LogP contribution in [0.5, 0.6) is 0 Å². The van der Waals surface area contributed by atoms with Crippen LogP contribution < -0.4 is 5.32 Å². The summed E-state index contributed by atoms with van der Waals surface area (Å²) in [6.45, 7) is 0. The van der Waals surface area contributed by atoms with E-state index in [0.29, 0.717) is 0 Å². The van der Waals surface area contributed by atoms with Gasteiger partial charge in [-0.05, 0) is 0 Å². The normalized spacial score (nSPS) is 9.93. The van der Waals surface area contributed by atoms with Crippen LogP contribution in [-0.4, -0.2) is 22.6 Å². The van der Waals surface area contributed by atoms with Crippen LogP contribution in [0.15, 0.2) is 42.9 Å². The van der Waals surface area contributed by atoms with Crippen LogP contribution in [0, 0.1) is 0 Å². The van der Waals surface area contributed by atoms with E-state index in [2.05, 4.69) is 10.3 Å². The Hall–Kier alpha value is -2.10. The quantitative estimate of drug-likeness (QED) is 0.763. The average molecular weight is 201 g/mol. The Balaban J connectivity index is 2.32. The van der Waals surface area contributed by atoms with E-state index in [9.17, 15) is 4.79 Å². The van der Waals surface area contributed by atoms with Gasteiger partial charge in [0.25, 0.3) is 0 Å². The van der Waals surface area contributed by atoms with E-state index in [0.717, 1.165) is 11.3 Å². The summed E-state index contributed by atoms with van der Waals surface area (Å²) in [7, 11) is 1.59. The number of aromatic nitrogens is 2. The van der Waals surface area contributed by atoms with Crippen molar-refractivity contribution in [1.82, 2.24) is 14.9 Å². The molecule has 4 nitrogen and oxygen atoms in total. The van der Waals surface area contributed by atoms with Crippen LogP contribution in [-0.2, 0) is 0 Å². The van der Waals surface area contributed by atoms with Crippen LogP contribution in [0.1, 0.15) is 0 Å². The Bertz CT molecular complexity index is 462. The molecule has 0 aliphatic rings. The van der Waals surface area contributed by atoms with Gasteiger partial charge in [-0.3, -0.25) is 4.57 Å². The van der Waals surface area contributed by atoms with Gasteiger partial charge in [0, 0.05) is 18.8 Å². The molecule has 1 aromatic carbocycles. The van der Waals surface area contributed by atoms with Gasteiger partial charge in [-0.2, -0.15) is 0 Å². The first kappa shape index (κ1) is 9.45. The van der Waals surface area contributed by atoms with Crippen molar-refractivity contribution in [2.75, 3.05) is 7.05 Å². The molecule has 76 valence electrons. The lowest BCUT2D eigenvalue weighted by Crippen LogP contribution is -2.22. The van der Waals surface area contributed by atoms with Crippen molar-refractivity contribution in [3.63, 3.8) is 0 Å². The first-order valence-electron chi connectivity index (χ1n) is 4.63. The van der Waals surface area contributed by atoms with Crippen LogP contribution in [0.25, 0.3) is 11.3 Å². The molecule has 2 aromatic rings. The van der Waals surface area contributed by atoms with E-state index >= 15 is 0 Å². The second-order valence-electron chi connectivity index (χ2n) is 3.09. The first-order chi connectivity index (χ1) is 7.31. The highest BCUT2D eigenvalue weighted by molar-refractivity contribution is 5.77. The van der Waals surface area contributed by atoms with E-state index in [1.165, 1.54) is 10.9 Å². The van der Waals surface area contributed by atoms with E-state index in [1.54, 1.807) is 13.2 Å². The molecule has 0 saturated heterocycles. The number of hydrogen-bond donors (Lipinski definition) is 1. The topological polar surface area (TPSA) is 46.9 Å². The number of carbonyl (C=O) groups excluding carboxylic acids is 1. The Kier molecular flexibility index (Phi) is 2.49. The largest absolute Gasteiger partial charge is 0.340 e. The molecule has 2 rings (SSSR count). The molecule has 1 aromatic heterocycles. The minimum atomic E-state index is -0.190. The molecule has 0 bridgehead atoms. The van der Waals surface area contributed by atoms with Gasteiger partial charge in [0.2, 0.25) is 0 Å². The van der Waals surface area contributed by atoms with Crippen molar-refractivity contribution in [3.05, 3.63) is 42.9 Å². The zero-order valence-corrected chi connectivity index (χ0v) is 8.34. The number of nitrogens with zero attached hydrogens (tertiary/aromatic N) is 2. The van der Waals surface area contributed by atoms with Gasteiger partial charge >= 0.3 is 6.03 Å². The molecule has 0 atom stereocenters. The van der Waals surface area contributed by atoms with Gasteiger partial charge in [-0.25, -0.2) is 9.78 Å². The highest BCUT2D eigenvalue weighted by Gasteiger charge is 2.05. The standard InChI is InChI=1S/C11H11N3O/c1-12-11(15)14-7-10(13-8-14)9-5-3-2-4-6-9/h2-8H,1H3,(H,12,15). The van der Waals surface area contributed by atoms with Gasteiger partial charge in [0.1, 0.15) is 6.33 Å². The third-order valence-electron chi connectivity index (χ3n) is 2.10. The van der Waals surface area contributed by atoms with E-state index in [1.807, 2.05) is 30.3 Å². The van der Waals surface area contributed by atoms with Crippen LogP contribution in [0.2, 0.25) is 0 Å². The first-order valence-corrected chi connectivity index (χ1v) is 4.63. The summed E-state index contributed by atoms with van der Waals surface area (Å²) < 4.78 is 1.42. The molecule has 1 amide bonds. The summed E-state index contributed by atoms with van der Waals surface area (Å²) in [6.07, 6.45) is 3.20. The summed E-state index contributed by atoms with van der Waals surface area (Å²) in [4.78, 5) is 15.4. The fourth-order valence-corrected chi connectivity index (χ4v) is 1.32. The minimum absolute atomic E-state index is 0.190. The molecule has 0 saturated carbocycles. The average Bonchev–Trinajstić information content (AvgIpc) is 2.78. The summed E-state index contributed by atoms with van der Waals surface area (Å²) in [5, 5.41) is 2.53. The molecule has 1 heterocycles. The number of benzene rings is 1. The predicted octanol–water partition coefficient (Wildman–Crippen LogP) is 1.74.